The molecule has 2 N–H and O–H groups in total. The van der Waals surface area contributed by atoms with E-state index in [-0.39, 0.29) is 16.9 Å². The van der Waals surface area contributed by atoms with Crippen LogP contribution in [0.5, 0.6) is 5.75 Å². The number of hydrogen-bond donors (Lipinski definition) is 2. The van der Waals surface area contributed by atoms with Crippen LogP contribution in [0.1, 0.15) is 18.1 Å². The zero-order valence-electron chi connectivity index (χ0n) is 16.8. The third-order valence-electron chi connectivity index (χ3n) is 3.92. The van der Waals surface area contributed by atoms with Gasteiger partial charge in [0, 0.05) is 25.9 Å². The van der Waals surface area contributed by atoms with E-state index in [9.17, 15) is 9.59 Å². The predicted octanol–water partition coefficient (Wildman–Crippen LogP) is 3.24. The number of benzene rings is 2. The number of rotatable bonds is 7. The molecule has 0 saturated heterocycles. The van der Waals surface area contributed by atoms with E-state index in [0.29, 0.717) is 13.0 Å². The molecule has 2 rings (SSSR count). The molecule has 2 aromatic rings. The first-order valence-corrected chi connectivity index (χ1v) is 9.60. The minimum atomic E-state index is -0.329. The second kappa shape index (κ2) is 11.0. The van der Waals surface area contributed by atoms with Crippen molar-refractivity contribution in [2.75, 3.05) is 26.0 Å². The SMILES string of the molecule is CCOc1ccc(/C=C/C(=O)NC(=S)Nc2ccc(CC(=O)N(C)C)cc2)cc1. The lowest BCUT2D eigenvalue weighted by Crippen LogP contribution is -2.32. The maximum Gasteiger partial charge on any atom is 0.250 e. The second-order valence-electron chi connectivity index (χ2n) is 6.44. The summed E-state index contributed by atoms with van der Waals surface area (Å²) >= 11 is 5.17. The quantitative estimate of drug-likeness (QED) is 0.541. The van der Waals surface area contributed by atoms with E-state index in [0.717, 1.165) is 22.6 Å². The molecule has 0 aliphatic heterocycles. The van der Waals surface area contributed by atoms with Crippen molar-refractivity contribution in [1.82, 2.24) is 10.2 Å². The summed E-state index contributed by atoms with van der Waals surface area (Å²) < 4.78 is 5.38. The van der Waals surface area contributed by atoms with Crippen molar-refractivity contribution >= 4 is 40.9 Å². The average molecular weight is 412 g/mol. The number of anilines is 1. The first-order valence-electron chi connectivity index (χ1n) is 9.19. The Hall–Kier alpha value is -3.19. The van der Waals surface area contributed by atoms with Gasteiger partial charge in [0.1, 0.15) is 5.75 Å². The minimum Gasteiger partial charge on any atom is -0.494 e. The number of likely N-dealkylation sites (N-methyl/N-ethyl adjacent to an activating group) is 1. The summed E-state index contributed by atoms with van der Waals surface area (Å²) in [7, 11) is 3.45. The molecular weight excluding hydrogens is 386 g/mol. The Bertz CT molecular complexity index is 875. The maximum absolute atomic E-state index is 12.0. The Morgan fingerprint density at radius 1 is 1.07 bits per heavy atom. The van der Waals surface area contributed by atoms with Crippen molar-refractivity contribution in [3.63, 3.8) is 0 Å². The van der Waals surface area contributed by atoms with Gasteiger partial charge in [-0.2, -0.15) is 0 Å². The molecule has 2 aromatic carbocycles. The van der Waals surface area contributed by atoms with Gasteiger partial charge < -0.3 is 15.0 Å². The molecule has 0 fully saturated rings. The standard InChI is InChI=1S/C22H25N3O3S/c1-4-28-19-12-7-16(8-13-19)9-14-20(26)24-22(29)23-18-10-5-17(6-11-18)15-21(27)25(2)3/h5-14H,4,15H2,1-3H3,(H2,23,24,26,29)/b14-9+. The number of carbonyl (C=O) groups excluding carboxylic acids is 2. The molecule has 0 radical (unpaired) electrons. The second-order valence-corrected chi connectivity index (χ2v) is 6.85. The molecule has 29 heavy (non-hydrogen) atoms. The van der Waals surface area contributed by atoms with Crippen molar-refractivity contribution in [2.24, 2.45) is 0 Å². The molecule has 0 bridgehead atoms. The van der Waals surface area contributed by atoms with E-state index in [1.807, 2.05) is 55.5 Å². The number of hydrogen-bond acceptors (Lipinski definition) is 4. The monoisotopic (exact) mass is 411 g/mol. The topological polar surface area (TPSA) is 70.7 Å². The van der Waals surface area contributed by atoms with Crippen molar-refractivity contribution in [1.29, 1.82) is 0 Å². The lowest BCUT2D eigenvalue weighted by atomic mass is 10.1. The van der Waals surface area contributed by atoms with E-state index in [1.165, 1.54) is 6.08 Å². The fourth-order valence-electron chi connectivity index (χ4n) is 2.37. The zero-order valence-corrected chi connectivity index (χ0v) is 17.6. The smallest absolute Gasteiger partial charge is 0.250 e. The van der Waals surface area contributed by atoms with Crippen molar-refractivity contribution in [2.45, 2.75) is 13.3 Å². The third-order valence-corrected chi connectivity index (χ3v) is 4.13. The van der Waals surface area contributed by atoms with Gasteiger partial charge >= 0.3 is 0 Å². The van der Waals surface area contributed by atoms with E-state index in [1.54, 1.807) is 25.1 Å². The first kappa shape index (κ1) is 22.1. The molecule has 0 aromatic heterocycles. The Balaban J connectivity index is 1.83. The summed E-state index contributed by atoms with van der Waals surface area (Å²) in [6.07, 6.45) is 3.45. The number of nitrogens with one attached hydrogen (secondary N) is 2. The van der Waals surface area contributed by atoms with E-state index in [4.69, 9.17) is 17.0 Å². The molecule has 0 spiro atoms. The summed E-state index contributed by atoms with van der Waals surface area (Å²) in [5.74, 6) is 0.494. The summed E-state index contributed by atoms with van der Waals surface area (Å²) in [4.78, 5) is 25.3. The Kier molecular flexibility index (Phi) is 8.36. The fraction of sp³-hybridized carbons (Fsp3) is 0.227. The van der Waals surface area contributed by atoms with Crippen LogP contribution in [0.4, 0.5) is 5.69 Å². The molecule has 0 atom stereocenters. The van der Waals surface area contributed by atoms with Gasteiger partial charge in [-0.05, 0) is 60.6 Å². The van der Waals surface area contributed by atoms with Crippen LogP contribution in [-0.2, 0) is 16.0 Å². The molecule has 0 aliphatic carbocycles. The van der Waals surface area contributed by atoms with Gasteiger partial charge in [0.15, 0.2) is 5.11 Å². The van der Waals surface area contributed by atoms with E-state index < -0.39 is 0 Å². The Labute approximate surface area is 176 Å². The number of thiocarbonyl (C=S) groups is 1. The number of nitrogens with zero attached hydrogens (tertiary/aromatic N) is 1. The van der Waals surface area contributed by atoms with Gasteiger partial charge in [-0.3, -0.25) is 14.9 Å². The van der Waals surface area contributed by atoms with Gasteiger partial charge in [0.2, 0.25) is 11.8 Å². The molecule has 0 heterocycles. The molecule has 152 valence electrons. The highest BCUT2D eigenvalue weighted by Crippen LogP contribution is 2.13. The lowest BCUT2D eigenvalue weighted by Gasteiger charge is -2.11. The van der Waals surface area contributed by atoms with Crippen molar-refractivity contribution < 1.29 is 14.3 Å². The highest BCUT2D eigenvalue weighted by molar-refractivity contribution is 7.80. The molecule has 2 amide bonds. The summed E-state index contributed by atoms with van der Waals surface area (Å²) in [5, 5.41) is 5.75. The van der Waals surface area contributed by atoms with Crippen LogP contribution in [0.3, 0.4) is 0 Å². The first-order chi connectivity index (χ1) is 13.9. The summed E-state index contributed by atoms with van der Waals surface area (Å²) in [6, 6.07) is 14.8. The van der Waals surface area contributed by atoms with E-state index >= 15 is 0 Å². The fourth-order valence-corrected chi connectivity index (χ4v) is 2.59. The van der Waals surface area contributed by atoms with Crippen molar-refractivity contribution in [3.8, 4) is 5.75 Å². The summed E-state index contributed by atoms with van der Waals surface area (Å²) in [5.41, 5.74) is 2.51. The normalized spacial score (nSPS) is 10.4. The largest absolute Gasteiger partial charge is 0.494 e. The molecule has 7 heteroatoms. The summed E-state index contributed by atoms with van der Waals surface area (Å²) in [6.45, 7) is 2.54. The van der Waals surface area contributed by atoms with Crippen LogP contribution in [0.25, 0.3) is 6.08 Å². The van der Waals surface area contributed by atoms with Crippen LogP contribution in [-0.4, -0.2) is 42.5 Å². The van der Waals surface area contributed by atoms with Crippen LogP contribution in [0, 0.1) is 0 Å². The van der Waals surface area contributed by atoms with Gasteiger partial charge in [0.25, 0.3) is 0 Å². The molecule has 0 aliphatic rings. The predicted molar refractivity (Wildman–Crippen MR) is 120 cm³/mol. The van der Waals surface area contributed by atoms with Gasteiger partial charge in [-0.1, -0.05) is 24.3 Å². The highest BCUT2D eigenvalue weighted by Gasteiger charge is 2.06. The third kappa shape index (κ3) is 7.75. The minimum absolute atomic E-state index is 0.0350. The number of amides is 2. The average Bonchev–Trinajstić information content (AvgIpc) is 2.69. The molecule has 0 unspecified atom stereocenters. The van der Waals surface area contributed by atoms with Crippen LogP contribution >= 0.6 is 12.2 Å². The lowest BCUT2D eigenvalue weighted by molar-refractivity contribution is -0.128. The van der Waals surface area contributed by atoms with Gasteiger partial charge in [0.05, 0.1) is 13.0 Å². The number of carbonyl (C=O) groups is 2. The highest BCUT2D eigenvalue weighted by atomic mass is 32.1. The van der Waals surface area contributed by atoms with Crippen LogP contribution in [0.15, 0.2) is 54.6 Å². The van der Waals surface area contributed by atoms with E-state index in [2.05, 4.69) is 10.6 Å². The molecular formula is C22H25N3O3S. The molecule has 6 nitrogen and oxygen atoms in total. The Morgan fingerprint density at radius 3 is 2.31 bits per heavy atom. The van der Waals surface area contributed by atoms with Crippen LogP contribution < -0.4 is 15.4 Å². The maximum atomic E-state index is 12.0. The van der Waals surface area contributed by atoms with Crippen LogP contribution in [0.2, 0.25) is 0 Å². The van der Waals surface area contributed by atoms with Gasteiger partial charge in [-0.15, -0.1) is 0 Å². The van der Waals surface area contributed by atoms with Crippen molar-refractivity contribution in [3.05, 3.63) is 65.7 Å². The van der Waals surface area contributed by atoms with Gasteiger partial charge in [-0.25, -0.2) is 0 Å². The Morgan fingerprint density at radius 2 is 1.72 bits per heavy atom. The number of ether oxygens (including phenoxy) is 1. The molecule has 0 saturated carbocycles. The zero-order chi connectivity index (χ0) is 21.2.